The number of hydrogen-bond donors (Lipinski definition) is 1. The molecular weight excluding hydrogens is 407 g/mol. The molecule has 0 radical (unpaired) electrons. The molecule has 2 aromatic carbocycles. The van der Waals surface area contributed by atoms with Crippen molar-refractivity contribution in [2.45, 2.75) is 0 Å². The zero-order valence-corrected chi connectivity index (χ0v) is 13.9. The Morgan fingerprint density at radius 1 is 1.20 bits per heavy atom. The summed E-state index contributed by atoms with van der Waals surface area (Å²) in [5, 5.41) is 12.3. The monoisotopic (exact) mass is 412 g/mol. The van der Waals surface area contributed by atoms with Gasteiger partial charge in [-0.15, -0.1) is 0 Å². The molecule has 0 aliphatic carbocycles. The molecular formula is C14H7Br2ClN2O. The standard InChI is InChI=1S/C14H7Br2ClN2O/c15-9-2-1-8(7-18)13(5-9)19-14(20)11-4-3-10(17)6-12(11)16/h1-6H,(H,19,20). The summed E-state index contributed by atoms with van der Waals surface area (Å²) >= 11 is 12.4. The van der Waals surface area contributed by atoms with Gasteiger partial charge in [-0.1, -0.05) is 27.5 Å². The van der Waals surface area contributed by atoms with Gasteiger partial charge in [-0.05, 0) is 52.3 Å². The Kier molecular flexibility index (Phi) is 4.81. The number of nitrogens with zero attached hydrogens (tertiary/aromatic N) is 1. The van der Waals surface area contributed by atoms with Gasteiger partial charge in [0.05, 0.1) is 16.8 Å². The van der Waals surface area contributed by atoms with Crippen LogP contribution in [0.1, 0.15) is 15.9 Å². The molecule has 3 nitrogen and oxygen atoms in total. The Labute approximate surface area is 137 Å². The van der Waals surface area contributed by atoms with Crippen LogP contribution in [-0.2, 0) is 0 Å². The van der Waals surface area contributed by atoms with Gasteiger partial charge in [0.25, 0.3) is 5.91 Å². The van der Waals surface area contributed by atoms with E-state index in [0.717, 1.165) is 4.47 Å². The predicted octanol–water partition coefficient (Wildman–Crippen LogP) is 4.99. The van der Waals surface area contributed by atoms with Gasteiger partial charge in [-0.3, -0.25) is 4.79 Å². The molecule has 0 heterocycles. The van der Waals surface area contributed by atoms with E-state index >= 15 is 0 Å². The average molecular weight is 414 g/mol. The Morgan fingerprint density at radius 2 is 1.95 bits per heavy atom. The van der Waals surface area contributed by atoms with E-state index < -0.39 is 0 Å². The summed E-state index contributed by atoms with van der Waals surface area (Å²) in [4.78, 5) is 12.2. The molecule has 0 fully saturated rings. The molecule has 100 valence electrons. The first-order valence-electron chi connectivity index (χ1n) is 5.47. The number of anilines is 1. The first-order valence-corrected chi connectivity index (χ1v) is 7.43. The van der Waals surface area contributed by atoms with Gasteiger partial charge in [-0.25, -0.2) is 0 Å². The van der Waals surface area contributed by atoms with E-state index in [1.165, 1.54) is 0 Å². The van der Waals surface area contributed by atoms with Crippen molar-refractivity contribution >= 4 is 55.1 Å². The fraction of sp³-hybridized carbons (Fsp3) is 0. The summed E-state index contributed by atoms with van der Waals surface area (Å²) in [6.45, 7) is 0. The molecule has 2 rings (SSSR count). The summed E-state index contributed by atoms with van der Waals surface area (Å²) in [6.07, 6.45) is 0. The van der Waals surface area contributed by atoms with Crippen molar-refractivity contribution in [1.29, 1.82) is 5.26 Å². The Hall–Kier alpha value is -1.35. The van der Waals surface area contributed by atoms with Gasteiger partial charge in [0.1, 0.15) is 6.07 Å². The fourth-order valence-electron chi connectivity index (χ4n) is 1.58. The molecule has 0 aliphatic rings. The Balaban J connectivity index is 2.33. The largest absolute Gasteiger partial charge is 0.321 e. The third-order valence-electron chi connectivity index (χ3n) is 2.53. The fourth-order valence-corrected chi connectivity index (χ4v) is 2.80. The smallest absolute Gasteiger partial charge is 0.256 e. The van der Waals surface area contributed by atoms with Crippen LogP contribution in [-0.4, -0.2) is 5.91 Å². The van der Waals surface area contributed by atoms with Crippen LogP contribution < -0.4 is 5.32 Å². The molecule has 6 heteroatoms. The minimum Gasteiger partial charge on any atom is -0.321 e. The second-order valence-electron chi connectivity index (χ2n) is 3.88. The SMILES string of the molecule is N#Cc1ccc(Br)cc1NC(=O)c1ccc(Cl)cc1Br. The number of halogens is 3. The maximum Gasteiger partial charge on any atom is 0.256 e. The molecule has 0 bridgehead atoms. The van der Waals surface area contributed by atoms with Crippen molar-refractivity contribution in [1.82, 2.24) is 0 Å². The lowest BCUT2D eigenvalue weighted by molar-refractivity contribution is 0.102. The maximum absolute atomic E-state index is 12.2. The molecule has 0 aromatic heterocycles. The number of hydrogen-bond acceptors (Lipinski definition) is 2. The number of nitrogens with one attached hydrogen (secondary N) is 1. The second-order valence-corrected chi connectivity index (χ2v) is 6.09. The van der Waals surface area contributed by atoms with Crippen LogP contribution in [0.2, 0.25) is 5.02 Å². The van der Waals surface area contributed by atoms with Crippen molar-refractivity contribution in [3.8, 4) is 6.07 Å². The van der Waals surface area contributed by atoms with Gasteiger partial charge in [0, 0.05) is 14.0 Å². The van der Waals surface area contributed by atoms with E-state index in [-0.39, 0.29) is 5.91 Å². The molecule has 0 atom stereocenters. The molecule has 0 saturated heterocycles. The predicted molar refractivity (Wildman–Crippen MR) is 86.0 cm³/mol. The number of amides is 1. The molecule has 1 N–H and O–H groups in total. The van der Waals surface area contributed by atoms with Crippen molar-refractivity contribution in [3.63, 3.8) is 0 Å². The van der Waals surface area contributed by atoms with Crippen molar-refractivity contribution in [3.05, 3.63) is 61.5 Å². The van der Waals surface area contributed by atoms with Gasteiger partial charge in [0.2, 0.25) is 0 Å². The molecule has 2 aromatic rings. The van der Waals surface area contributed by atoms with Crippen LogP contribution >= 0.6 is 43.5 Å². The van der Waals surface area contributed by atoms with Crippen molar-refractivity contribution in [2.75, 3.05) is 5.32 Å². The minimum absolute atomic E-state index is 0.317. The number of benzene rings is 2. The molecule has 20 heavy (non-hydrogen) atoms. The van der Waals surface area contributed by atoms with Crippen molar-refractivity contribution in [2.24, 2.45) is 0 Å². The van der Waals surface area contributed by atoms with Gasteiger partial charge >= 0.3 is 0 Å². The summed E-state index contributed by atoms with van der Waals surface area (Å²) < 4.78 is 1.37. The van der Waals surface area contributed by atoms with Crippen LogP contribution in [0.15, 0.2) is 45.3 Å². The molecule has 0 aliphatic heterocycles. The topological polar surface area (TPSA) is 52.9 Å². The second kappa shape index (κ2) is 6.40. The van der Waals surface area contributed by atoms with Gasteiger partial charge in [0.15, 0.2) is 0 Å². The highest BCUT2D eigenvalue weighted by molar-refractivity contribution is 9.10. The van der Waals surface area contributed by atoms with E-state index in [9.17, 15) is 4.79 Å². The van der Waals surface area contributed by atoms with Crippen LogP contribution in [0.5, 0.6) is 0 Å². The van der Waals surface area contributed by atoms with E-state index in [1.807, 2.05) is 6.07 Å². The molecule has 0 saturated carbocycles. The first-order chi connectivity index (χ1) is 9.51. The number of nitriles is 1. The van der Waals surface area contributed by atoms with Crippen LogP contribution in [0.4, 0.5) is 5.69 Å². The lowest BCUT2D eigenvalue weighted by atomic mass is 10.1. The number of carbonyl (C=O) groups excluding carboxylic acids is 1. The van der Waals surface area contributed by atoms with E-state index in [4.69, 9.17) is 16.9 Å². The molecule has 1 amide bonds. The minimum atomic E-state index is -0.317. The first kappa shape index (κ1) is 15.0. The third-order valence-corrected chi connectivity index (χ3v) is 3.91. The van der Waals surface area contributed by atoms with Gasteiger partial charge < -0.3 is 5.32 Å². The highest BCUT2D eigenvalue weighted by atomic mass is 79.9. The van der Waals surface area contributed by atoms with Crippen LogP contribution in [0.3, 0.4) is 0 Å². The Morgan fingerprint density at radius 3 is 2.60 bits per heavy atom. The average Bonchev–Trinajstić information content (AvgIpc) is 2.38. The lowest BCUT2D eigenvalue weighted by Gasteiger charge is -2.09. The quantitative estimate of drug-likeness (QED) is 0.753. The van der Waals surface area contributed by atoms with Gasteiger partial charge in [-0.2, -0.15) is 5.26 Å². The van der Waals surface area contributed by atoms with Crippen LogP contribution in [0.25, 0.3) is 0 Å². The third kappa shape index (κ3) is 3.40. The molecule has 0 unspecified atom stereocenters. The highest BCUT2D eigenvalue weighted by Gasteiger charge is 2.13. The zero-order valence-electron chi connectivity index (χ0n) is 9.95. The summed E-state index contributed by atoms with van der Waals surface area (Å²) in [6, 6.07) is 12.0. The highest BCUT2D eigenvalue weighted by Crippen LogP contribution is 2.25. The normalized spacial score (nSPS) is 9.90. The number of rotatable bonds is 2. The summed E-state index contributed by atoms with van der Waals surface area (Å²) in [5.74, 6) is -0.317. The summed E-state index contributed by atoms with van der Waals surface area (Å²) in [7, 11) is 0. The maximum atomic E-state index is 12.2. The zero-order chi connectivity index (χ0) is 14.7. The van der Waals surface area contributed by atoms with E-state index in [1.54, 1.807) is 36.4 Å². The molecule has 0 spiro atoms. The van der Waals surface area contributed by atoms with E-state index in [2.05, 4.69) is 37.2 Å². The van der Waals surface area contributed by atoms with Crippen molar-refractivity contribution < 1.29 is 4.79 Å². The summed E-state index contributed by atoms with van der Waals surface area (Å²) in [5.41, 5.74) is 1.29. The Bertz CT molecular complexity index is 726. The van der Waals surface area contributed by atoms with Crippen LogP contribution in [0, 0.1) is 11.3 Å². The van der Waals surface area contributed by atoms with E-state index in [0.29, 0.717) is 26.3 Å². The lowest BCUT2D eigenvalue weighted by Crippen LogP contribution is -2.13. The number of carbonyl (C=O) groups is 1.